The molecule has 7 heteroatoms. The van der Waals surface area contributed by atoms with Gasteiger partial charge in [0.15, 0.2) is 17.0 Å². The van der Waals surface area contributed by atoms with E-state index >= 15 is 0 Å². The maximum absolute atomic E-state index is 12.8. The average molecular weight is 372 g/mol. The first-order valence-corrected chi connectivity index (χ1v) is 8.24. The fourth-order valence-electron chi connectivity index (χ4n) is 2.77. The van der Waals surface area contributed by atoms with E-state index in [0.29, 0.717) is 11.3 Å². The van der Waals surface area contributed by atoms with Crippen LogP contribution in [-0.2, 0) is 20.1 Å². The third-order valence-electron chi connectivity index (χ3n) is 4.12. The number of nitrogens with zero attached hydrogens (tertiary/aromatic N) is 4. The van der Waals surface area contributed by atoms with Crippen molar-refractivity contribution in [3.8, 4) is 42.3 Å². The zero-order valence-electron chi connectivity index (χ0n) is 15.4. The lowest BCUT2D eigenvalue weighted by atomic mass is 10.2. The highest BCUT2D eigenvalue weighted by Crippen LogP contribution is 2.13. The quantitative estimate of drug-likeness (QED) is 0.631. The van der Waals surface area contributed by atoms with Gasteiger partial charge >= 0.3 is 5.69 Å². The molecule has 2 aromatic heterocycles. The molecule has 0 aliphatic rings. The molecule has 1 aromatic carbocycles. The number of hydrogen-bond donors (Lipinski definition) is 0. The van der Waals surface area contributed by atoms with Crippen LogP contribution in [0.25, 0.3) is 11.2 Å². The van der Waals surface area contributed by atoms with Crippen LogP contribution in [0.2, 0.25) is 0 Å². The first-order chi connectivity index (χ1) is 13.5. The smallest absolute Gasteiger partial charge is 0.333 e. The molecule has 0 amide bonds. The van der Waals surface area contributed by atoms with Crippen LogP contribution in [0.3, 0.4) is 0 Å². The second kappa shape index (κ2) is 7.61. The summed E-state index contributed by atoms with van der Waals surface area (Å²) in [5.41, 5.74) is -0.00246. The number of terminal acetylenes is 2. The van der Waals surface area contributed by atoms with Gasteiger partial charge in [0.05, 0.1) is 20.2 Å². The molecule has 0 saturated heterocycles. The van der Waals surface area contributed by atoms with E-state index in [4.69, 9.17) is 17.6 Å². The maximum Gasteiger partial charge on any atom is 0.333 e. The Bertz CT molecular complexity index is 1330. The van der Waals surface area contributed by atoms with Gasteiger partial charge in [0, 0.05) is 12.6 Å². The van der Waals surface area contributed by atoms with E-state index in [2.05, 4.69) is 28.7 Å². The van der Waals surface area contributed by atoms with Gasteiger partial charge in [-0.3, -0.25) is 13.9 Å². The molecule has 0 spiro atoms. The molecule has 3 aromatic rings. The summed E-state index contributed by atoms with van der Waals surface area (Å²) in [6, 6.07) is 7.22. The summed E-state index contributed by atoms with van der Waals surface area (Å²) in [4.78, 5) is 29.6. The van der Waals surface area contributed by atoms with Crippen molar-refractivity contribution >= 4 is 11.2 Å². The average Bonchev–Trinajstić information content (AvgIpc) is 3.07. The molecule has 0 bridgehead atoms. The summed E-state index contributed by atoms with van der Waals surface area (Å²) in [5, 5.41) is 0. The first kappa shape index (κ1) is 18.6. The summed E-state index contributed by atoms with van der Waals surface area (Å²) in [7, 11) is 3.09. The minimum absolute atomic E-state index is 0.0715. The molecule has 7 nitrogen and oxygen atoms in total. The van der Waals surface area contributed by atoms with E-state index in [1.807, 2.05) is 18.2 Å². The van der Waals surface area contributed by atoms with Crippen molar-refractivity contribution in [3.05, 3.63) is 56.5 Å². The zero-order valence-corrected chi connectivity index (χ0v) is 15.4. The number of hydrogen-bond acceptors (Lipinski definition) is 4. The van der Waals surface area contributed by atoms with Crippen LogP contribution in [0, 0.1) is 36.5 Å². The maximum atomic E-state index is 12.8. The Balaban J connectivity index is 2.28. The van der Waals surface area contributed by atoms with Crippen molar-refractivity contribution in [2.75, 3.05) is 7.11 Å². The molecular formula is C21H16N4O3. The molecule has 2 heterocycles. The predicted octanol–water partition coefficient (Wildman–Crippen LogP) is 0.572. The molecular weight excluding hydrogens is 356 g/mol. The fraction of sp³-hybridized carbons (Fsp3) is 0.190. The lowest BCUT2D eigenvalue weighted by molar-refractivity contribution is 0.414. The van der Waals surface area contributed by atoms with Crippen molar-refractivity contribution in [2.24, 2.45) is 7.05 Å². The highest BCUT2D eigenvalue weighted by atomic mass is 16.5. The van der Waals surface area contributed by atoms with E-state index in [1.165, 1.54) is 16.2 Å². The van der Waals surface area contributed by atoms with Crippen molar-refractivity contribution in [1.82, 2.24) is 18.7 Å². The molecule has 0 fully saturated rings. The Hall–Kier alpha value is -4.15. The summed E-state index contributed by atoms with van der Waals surface area (Å²) in [5.74, 6) is 11.7. The minimum atomic E-state index is -0.548. The van der Waals surface area contributed by atoms with E-state index in [1.54, 1.807) is 13.2 Å². The van der Waals surface area contributed by atoms with Gasteiger partial charge in [-0.15, -0.1) is 12.8 Å². The molecule has 3 rings (SSSR count). The molecule has 0 radical (unpaired) electrons. The van der Waals surface area contributed by atoms with Crippen LogP contribution in [0.15, 0.2) is 33.9 Å². The van der Waals surface area contributed by atoms with Gasteiger partial charge in [-0.05, 0) is 24.1 Å². The number of aryl methyl sites for hydroxylation is 1. The SMILES string of the molecule is C#CCn1c(=O)c2c(nc(C#Cc3cccc(OC)c3)n2CC#C)n(C)c1=O. The molecule has 0 atom stereocenters. The third-order valence-corrected chi connectivity index (χ3v) is 4.12. The normalized spacial score (nSPS) is 10.0. The Morgan fingerprint density at radius 1 is 1.11 bits per heavy atom. The van der Waals surface area contributed by atoms with Crippen molar-refractivity contribution in [3.63, 3.8) is 0 Å². The van der Waals surface area contributed by atoms with Crippen molar-refractivity contribution in [2.45, 2.75) is 13.1 Å². The topological polar surface area (TPSA) is 71.1 Å². The zero-order chi connectivity index (χ0) is 20.3. The second-order valence-electron chi connectivity index (χ2n) is 5.82. The number of imidazole rings is 1. The van der Waals surface area contributed by atoms with Gasteiger partial charge in [0.25, 0.3) is 5.56 Å². The van der Waals surface area contributed by atoms with Gasteiger partial charge in [0.1, 0.15) is 5.75 Å². The summed E-state index contributed by atoms with van der Waals surface area (Å²) >= 11 is 0. The van der Waals surface area contributed by atoms with E-state index in [9.17, 15) is 9.59 Å². The lowest BCUT2D eigenvalue weighted by Gasteiger charge is -2.06. The molecule has 0 aliphatic carbocycles. The number of aromatic nitrogens is 4. The highest BCUT2D eigenvalue weighted by molar-refractivity contribution is 5.72. The number of ether oxygens (including phenoxy) is 1. The van der Waals surface area contributed by atoms with Crippen molar-refractivity contribution in [1.29, 1.82) is 0 Å². The Labute approximate surface area is 161 Å². The standard InChI is InChI=1S/C21H16N4O3/c1-5-12-24-17(11-10-15-8-7-9-16(14-15)28-4)22-19-18(24)20(26)25(13-6-2)21(27)23(19)3/h1-2,7-9,14H,12-13H2,3-4H3. The van der Waals surface area contributed by atoms with Gasteiger partial charge in [-0.2, -0.15) is 0 Å². The van der Waals surface area contributed by atoms with E-state index < -0.39 is 11.2 Å². The van der Waals surface area contributed by atoms with Crippen molar-refractivity contribution < 1.29 is 4.74 Å². The fourth-order valence-corrected chi connectivity index (χ4v) is 2.77. The number of methoxy groups -OCH3 is 1. The Morgan fingerprint density at radius 3 is 2.50 bits per heavy atom. The lowest BCUT2D eigenvalue weighted by Crippen LogP contribution is -2.39. The van der Waals surface area contributed by atoms with Crippen LogP contribution >= 0.6 is 0 Å². The first-order valence-electron chi connectivity index (χ1n) is 8.24. The van der Waals surface area contributed by atoms with Crippen LogP contribution in [0.4, 0.5) is 0 Å². The van der Waals surface area contributed by atoms with Gasteiger partial charge in [0.2, 0.25) is 0 Å². The highest BCUT2D eigenvalue weighted by Gasteiger charge is 2.18. The van der Waals surface area contributed by atoms with Gasteiger partial charge < -0.3 is 4.74 Å². The molecule has 0 saturated carbocycles. The number of rotatable bonds is 3. The molecule has 0 aliphatic heterocycles. The number of fused-ring (bicyclic) bond motifs is 1. The van der Waals surface area contributed by atoms with Crippen LogP contribution in [-0.4, -0.2) is 25.8 Å². The Kier molecular flexibility index (Phi) is 5.07. The van der Waals surface area contributed by atoms with Crippen LogP contribution < -0.4 is 16.0 Å². The second-order valence-corrected chi connectivity index (χ2v) is 5.82. The Morgan fingerprint density at radius 2 is 1.82 bits per heavy atom. The van der Waals surface area contributed by atoms with Gasteiger partial charge in [-0.1, -0.05) is 23.8 Å². The minimum Gasteiger partial charge on any atom is -0.497 e. The van der Waals surface area contributed by atoms with Gasteiger partial charge in [-0.25, -0.2) is 14.3 Å². The van der Waals surface area contributed by atoms with E-state index in [-0.39, 0.29) is 30.1 Å². The molecule has 0 N–H and O–H groups in total. The largest absolute Gasteiger partial charge is 0.497 e. The molecule has 28 heavy (non-hydrogen) atoms. The number of benzene rings is 1. The molecule has 138 valence electrons. The summed E-state index contributed by atoms with van der Waals surface area (Å²) < 4.78 is 8.93. The van der Waals surface area contributed by atoms with E-state index in [0.717, 1.165) is 4.57 Å². The summed E-state index contributed by atoms with van der Waals surface area (Å²) in [6.07, 6.45) is 10.8. The monoisotopic (exact) mass is 372 g/mol. The van der Waals surface area contributed by atoms with Crippen LogP contribution in [0.1, 0.15) is 11.4 Å². The van der Waals surface area contributed by atoms with Crippen LogP contribution in [0.5, 0.6) is 5.75 Å². The predicted molar refractivity (Wildman–Crippen MR) is 106 cm³/mol. The third kappa shape index (κ3) is 3.16. The molecule has 0 unspecified atom stereocenters. The summed E-state index contributed by atoms with van der Waals surface area (Å²) in [6.45, 7) is -0.0738.